The first-order valence-corrected chi connectivity index (χ1v) is 6.41. The second-order valence-electron chi connectivity index (χ2n) is 4.62. The quantitative estimate of drug-likeness (QED) is 0.808. The van der Waals surface area contributed by atoms with Crippen molar-refractivity contribution in [3.63, 3.8) is 0 Å². The van der Waals surface area contributed by atoms with E-state index in [1.807, 2.05) is 30.3 Å². The van der Waals surface area contributed by atoms with Crippen LogP contribution < -0.4 is 15.8 Å². The molecule has 0 aliphatic rings. The Labute approximate surface area is 114 Å². The predicted octanol–water partition coefficient (Wildman–Crippen LogP) is 3.13. The van der Waals surface area contributed by atoms with Crippen LogP contribution in [0.2, 0.25) is 0 Å². The maximum atomic E-state index is 5.77. The van der Waals surface area contributed by atoms with E-state index >= 15 is 0 Å². The second kappa shape index (κ2) is 6.25. The third kappa shape index (κ3) is 3.73. The van der Waals surface area contributed by atoms with Gasteiger partial charge in [-0.25, -0.2) is 0 Å². The zero-order valence-electron chi connectivity index (χ0n) is 11.4. The topological polar surface area (TPSA) is 47.3 Å². The molecule has 0 amide bonds. The van der Waals surface area contributed by atoms with Gasteiger partial charge in [0.05, 0.1) is 7.11 Å². The van der Waals surface area contributed by atoms with E-state index in [-0.39, 0.29) is 6.04 Å². The molecule has 0 aromatic heterocycles. The molecule has 1 atom stereocenters. The van der Waals surface area contributed by atoms with Gasteiger partial charge in [0.2, 0.25) is 0 Å². The molecule has 2 rings (SSSR count). The van der Waals surface area contributed by atoms with Crippen LogP contribution in [0, 0.1) is 0 Å². The van der Waals surface area contributed by atoms with Gasteiger partial charge in [-0.15, -0.1) is 0 Å². The van der Waals surface area contributed by atoms with Gasteiger partial charge in [0.15, 0.2) is 0 Å². The van der Waals surface area contributed by atoms with Gasteiger partial charge in [-0.1, -0.05) is 24.3 Å². The molecule has 100 valence electrons. The highest BCUT2D eigenvalue weighted by atomic mass is 16.5. The van der Waals surface area contributed by atoms with Crippen LogP contribution in [0.5, 0.6) is 5.75 Å². The van der Waals surface area contributed by atoms with Gasteiger partial charge < -0.3 is 15.8 Å². The number of benzene rings is 2. The van der Waals surface area contributed by atoms with Crippen molar-refractivity contribution in [2.24, 2.45) is 0 Å². The van der Waals surface area contributed by atoms with Gasteiger partial charge in [0, 0.05) is 18.3 Å². The zero-order chi connectivity index (χ0) is 13.7. The molecule has 0 unspecified atom stereocenters. The summed E-state index contributed by atoms with van der Waals surface area (Å²) in [5, 5.41) is 3.48. The molecule has 0 bridgehead atoms. The summed E-state index contributed by atoms with van der Waals surface area (Å²) in [6.45, 7) is 2.94. The van der Waals surface area contributed by atoms with E-state index in [9.17, 15) is 0 Å². The fourth-order valence-corrected chi connectivity index (χ4v) is 2.00. The van der Waals surface area contributed by atoms with Crippen LogP contribution in [0.4, 0.5) is 5.69 Å². The summed E-state index contributed by atoms with van der Waals surface area (Å²) in [5.41, 5.74) is 8.97. The van der Waals surface area contributed by atoms with Crippen molar-refractivity contribution < 1.29 is 4.74 Å². The number of rotatable bonds is 5. The van der Waals surface area contributed by atoms with Crippen molar-refractivity contribution in [2.45, 2.75) is 19.5 Å². The number of nitrogens with one attached hydrogen (secondary N) is 1. The standard InChI is InChI=1S/C16H20N2O/c1-12(14-6-4-8-16(10-14)19-2)18-11-13-5-3-7-15(17)9-13/h3-10,12,18H,11,17H2,1-2H3/t12-/m0/s1. The fourth-order valence-electron chi connectivity index (χ4n) is 2.00. The lowest BCUT2D eigenvalue weighted by Gasteiger charge is -2.15. The van der Waals surface area contributed by atoms with Crippen LogP contribution >= 0.6 is 0 Å². The van der Waals surface area contributed by atoms with E-state index in [0.717, 1.165) is 18.0 Å². The third-order valence-corrected chi connectivity index (χ3v) is 3.16. The first kappa shape index (κ1) is 13.4. The number of nitrogens with two attached hydrogens (primary N) is 1. The molecule has 2 aromatic carbocycles. The molecule has 0 saturated heterocycles. The van der Waals surface area contributed by atoms with Crippen molar-refractivity contribution in [1.29, 1.82) is 0 Å². The lowest BCUT2D eigenvalue weighted by Crippen LogP contribution is -2.18. The van der Waals surface area contributed by atoms with E-state index in [4.69, 9.17) is 10.5 Å². The van der Waals surface area contributed by atoms with Crippen molar-refractivity contribution in [1.82, 2.24) is 5.32 Å². The van der Waals surface area contributed by atoms with Crippen molar-refractivity contribution in [3.05, 3.63) is 59.7 Å². The lowest BCUT2D eigenvalue weighted by atomic mass is 10.1. The minimum Gasteiger partial charge on any atom is -0.497 e. The molecule has 0 aliphatic heterocycles. The molecule has 2 aromatic rings. The molecule has 0 radical (unpaired) electrons. The van der Waals surface area contributed by atoms with E-state index in [2.05, 4.69) is 30.4 Å². The fraction of sp³-hybridized carbons (Fsp3) is 0.250. The van der Waals surface area contributed by atoms with Gasteiger partial charge in [-0.3, -0.25) is 0 Å². The first-order valence-electron chi connectivity index (χ1n) is 6.41. The Bertz CT molecular complexity index is 540. The average Bonchev–Trinajstić information content (AvgIpc) is 2.45. The van der Waals surface area contributed by atoms with E-state index in [1.165, 1.54) is 11.1 Å². The number of nitrogen functional groups attached to an aromatic ring is 1. The largest absolute Gasteiger partial charge is 0.497 e. The zero-order valence-corrected chi connectivity index (χ0v) is 11.4. The maximum absolute atomic E-state index is 5.77. The minimum atomic E-state index is 0.261. The smallest absolute Gasteiger partial charge is 0.119 e. The van der Waals surface area contributed by atoms with Crippen LogP contribution in [0.15, 0.2) is 48.5 Å². The summed E-state index contributed by atoms with van der Waals surface area (Å²) in [5.74, 6) is 0.884. The molecule has 0 heterocycles. The monoisotopic (exact) mass is 256 g/mol. The Morgan fingerprint density at radius 1 is 1.16 bits per heavy atom. The molecular weight excluding hydrogens is 236 g/mol. The van der Waals surface area contributed by atoms with Crippen LogP contribution in [-0.4, -0.2) is 7.11 Å². The highest BCUT2D eigenvalue weighted by Crippen LogP contribution is 2.19. The summed E-state index contributed by atoms with van der Waals surface area (Å²) >= 11 is 0. The average molecular weight is 256 g/mol. The molecule has 0 spiro atoms. The normalized spacial score (nSPS) is 12.1. The number of hydrogen-bond donors (Lipinski definition) is 2. The van der Waals surface area contributed by atoms with Gasteiger partial charge in [0.25, 0.3) is 0 Å². The highest BCUT2D eigenvalue weighted by molar-refractivity contribution is 5.40. The Balaban J connectivity index is 1.99. The highest BCUT2D eigenvalue weighted by Gasteiger charge is 2.05. The molecule has 3 nitrogen and oxygen atoms in total. The van der Waals surface area contributed by atoms with Crippen LogP contribution in [0.25, 0.3) is 0 Å². The van der Waals surface area contributed by atoms with Crippen molar-refractivity contribution in [2.75, 3.05) is 12.8 Å². The number of anilines is 1. The Morgan fingerprint density at radius 3 is 2.68 bits per heavy atom. The number of methoxy groups -OCH3 is 1. The second-order valence-corrected chi connectivity index (χ2v) is 4.62. The van der Waals surface area contributed by atoms with E-state index < -0.39 is 0 Å². The molecule has 3 N–H and O–H groups in total. The molecule has 19 heavy (non-hydrogen) atoms. The van der Waals surface area contributed by atoms with Gasteiger partial charge in [-0.05, 0) is 42.3 Å². The van der Waals surface area contributed by atoms with Crippen LogP contribution in [-0.2, 0) is 6.54 Å². The molecule has 0 saturated carbocycles. The summed E-state index contributed by atoms with van der Waals surface area (Å²) in [4.78, 5) is 0. The SMILES string of the molecule is COc1cccc([C@H](C)NCc2cccc(N)c2)c1. The maximum Gasteiger partial charge on any atom is 0.119 e. The molecule has 0 fully saturated rings. The first-order chi connectivity index (χ1) is 9.19. The van der Waals surface area contributed by atoms with Gasteiger partial charge in [-0.2, -0.15) is 0 Å². The third-order valence-electron chi connectivity index (χ3n) is 3.16. The van der Waals surface area contributed by atoms with Crippen LogP contribution in [0.1, 0.15) is 24.1 Å². The molecular formula is C16H20N2O. The summed E-state index contributed by atoms with van der Waals surface area (Å²) in [6, 6.07) is 16.3. The van der Waals surface area contributed by atoms with Crippen molar-refractivity contribution in [3.8, 4) is 5.75 Å². The van der Waals surface area contributed by atoms with E-state index in [1.54, 1.807) is 7.11 Å². The Hall–Kier alpha value is -2.00. The minimum absolute atomic E-state index is 0.261. The molecule has 0 aliphatic carbocycles. The van der Waals surface area contributed by atoms with E-state index in [0.29, 0.717) is 0 Å². The number of ether oxygens (including phenoxy) is 1. The lowest BCUT2D eigenvalue weighted by molar-refractivity contribution is 0.413. The summed E-state index contributed by atoms with van der Waals surface area (Å²) in [7, 11) is 1.68. The number of hydrogen-bond acceptors (Lipinski definition) is 3. The van der Waals surface area contributed by atoms with Crippen LogP contribution in [0.3, 0.4) is 0 Å². The van der Waals surface area contributed by atoms with Gasteiger partial charge >= 0.3 is 0 Å². The van der Waals surface area contributed by atoms with Crippen molar-refractivity contribution >= 4 is 5.69 Å². The Morgan fingerprint density at radius 2 is 1.95 bits per heavy atom. The molecule has 3 heteroatoms. The predicted molar refractivity (Wildman–Crippen MR) is 79.1 cm³/mol. The van der Waals surface area contributed by atoms with Gasteiger partial charge in [0.1, 0.15) is 5.75 Å². The summed E-state index contributed by atoms with van der Waals surface area (Å²) in [6.07, 6.45) is 0. The summed E-state index contributed by atoms with van der Waals surface area (Å²) < 4.78 is 5.24. The Kier molecular flexibility index (Phi) is 4.42.